The monoisotopic (exact) mass is 429 g/mol. The smallest absolute Gasteiger partial charge is 0.323 e. The number of nitrogens with zero attached hydrogens (tertiary/aromatic N) is 3. The van der Waals surface area contributed by atoms with E-state index in [0.717, 1.165) is 32.1 Å². The van der Waals surface area contributed by atoms with E-state index in [1.165, 1.54) is 12.4 Å². The summed E-state index contributed by atoms with van der Waals surface area (Å²) in [5.74, 6) is -0.906. The van der Waals surface area contributed by atoms with Crippen LogP contribution in [0, 0.1) is 0 Å². The van der Waals surface area contributed by atoms with E-state index in [0.29, 0.717) is 5.56 Å². The second-order valence-corrected chi connectivity index (χ2v) is 7.49. The number of nitrogens with one attached hydrogen (secondary N) is 2. The number of para-hydroxylation sites is 1. The summed E-state index contributed by atoms with van der Waals surface area (Å²) in [6.07, 6.45) is 4.46. The number of benzene rings is 2. The van der Waals surface area contributed by atoms with Crippen molar-refractivity contribution in [3.8, 4) is 11.4 Å². The van der Waals surface area contributed by atoms with Crippen LogP contribution < -0.4 is 10.9 Å². The summed E-state index contributed by atoms with van der Waals surface area (Å²) in [6, 6.07) is 13.5. The maximum atomic E-state index is 13.1. The van der Waals surface area contributed by atoms with Gasteiger partial charge in [0.25, 0.3) is 5.56 Å². The summed E-state index contributed by atoms with van der Waals surface area (Å²) in [4.78, 5) is 28.8. The van der Waals surface area contributed by atoms with Gasteiger partial charge >= 0.3 is 5.97 Å². The standard InChI is InChI=1S/C23H19N5O4/c1-13(14-6-7-20-17(8-14)16-4-2-3-5-19(16)32-20)27-18-11-24-22(15-9-25-26-10-15)28(23(18)31)12-21(29)30/h2-11,13,27H,12H2,1H3,(H,25,26)(H,29,30)/t13-/m1/s1. The van der Waals surface area contributed by atoms with Crippen molar-refractivity contribution in [3.05, 3.63) is 77.0 Å². The molecule has 0 amide bonds. The van der Waals surface area contributed by atoms with E-state index >= 15 is 0 Å². The van der Waals surface area contributed by atoms with Crippen molar-refractivity contribution in [3.63, 3.8) is 0 Å². The number of anilines is 1. The summed E-state index contributed by atoms with van der Waals surface area (Å²) < 4.78 is 7.00. The molecule has 1 atom stereocenters. The van der Waals surface area contributed by atoms with Crippen LogP contribution in [-0.4, -0.2) is 30.8 Å². The molecule has 0 saturated carbocycles. The first-order valence-corrected chi connectivity index (χ1v) is 10.00. The van der Waals surface area contributed by atoms with Gasteiger partial charge in [-0.2, -0.15) is 5.10 Å². The first-order chi connectivity index (χ1) is 15.5. The zero-order valence-electron chi connectivity index (χ0n) is 17.1. The number of rotatable bonds is 6. The van der Waals surface area contributed by atoms with E-state index in [9.17, 15) is 14.7 Å². The van der Waals surface area contributed by atoms with Gasteiger partial charge in [0.1, 0.15) is 29.2 Å². The molecular weight excluding hydrogens is 410 g/mol. The predicted molar refractivity (Wildman–Crippen MR) is 119 cm³/mol. The molecule has 0 unspecified atom stereocenters. The number of hydrogen-bond donors (Lipinski definition) is 3. The lowest BCUT2D eigenvalue weighted by Crippen LogP contribution is -2.29. The van der Waals surface area contributed by atoms with Gasteiger partial charge in [0, 0.05) is 23.0 Å². The van der Waals surface area contributed by atoms with Crippen LogP contribution in [0.3, 0.4) is 0 Å². The largest absolute Gasteiger partial charge is 0.480 e. The Kier molecular flexibility index (Phi) is 4.70. The van der Waals surface area contributed by atoms with Gasteiger partial charge in [0.2, 0.25) is 0 Å². The number of aromatic amines is 1. The molecule has 0 saturated heterocycles. The maximum absolute atomic E-state index is 13.1. The van der Waals surface area contributed by atoms with Gasteiger partial charge in [-0.3, -0.25) is 19.3 Å². The van der Waals surface area contributed by atoms with E-state index in [2.05, 4.69) is 20.5 Å². The lowest BCUT2D eigenvalue weighted by molar-refractivity contribution is -0.137. The van der Waals surface area contributed by atoms with Crippen LogP contribution in [0.5, 0.6) is 0 Å². The molecule has 9 heteroatoms. The molecule has 9 nitrogen and oxygen atoms in total. The third-order valence-corrected chi connectivity index (χ3v) is 5.37. The van der Waals surface area contributed by atoms with E-state index in [1.807, 2.05) is 49.4 Å². The summed E-state index contributed by atoms with van der Waals surface area (Å²) in [5.41, 5.74) is 2.82. The zero-order valence-corrected chi connectivity index (χ0v) is 17.1. The Bertz CT molecular complexity index is 1500. The van der Waals surface area contributed by atoms with Crippen LogP contribution in [0.2, 0.25) is 0 Å². The highest BCUT2D eigenvalue weighted by molar-refractivity contribution is 6.05. The van der Waals surface area contributed by atoms with Gasteiger partial charge < -0.3 is 14.8 Å². The zero-order chi connectivity index (χ0) is 22.2. The van der Waals surface area contributed by atoms with E-state index in [4.69, 9.17) is 4.42 Å². The number of furan rings is 1. The molecule has 0 radical (unpaired) electrons. The molecule has 0 aliphatic rings. The van der Waals surface area contributed by atoms with Crippen molar-refractivity contribution >= 4 is 33.6 Å². The van der Waals surface area contributed by atoms with Gasteiger partial charge in [0.05, 0.1) is 18.0 Å². The lowest BCUT2D eigenvalue weighted by Gasteiger charge is -2.17. The minimum Gasteiger partial charge on any atom is -0.480 e. The SMILES string of the molecule is C[C@@H](Nc1cnc(-c2cn[nH]c2)n(CC(=O)O)c1=O)c1ccc2oc3ccccc3c2c1. The first kappa shape index (κ1) is 19.6. The van der Waals surface area contributed by atoms with Gasteiger partial charge in [-0.1, -0.05) is 24.3 Å². The number of fused-ring (bicyclic) bond motifs is 3. The number of carboxylic acids is 1. The highest BCUT2D eigenvalue weighted by Gasteiger charge is 2.17. The number of aliphatic carboxylic acids is 1. The summed E-state index contributed by atoms with van der Waals surface area (Å²) in [7, 11) is 0. The van der Waals surface area contributed by atoms with Crippen molar-refractivity contribution < 1.29 is 14.3 Å². The molecule has 32 heavy (non-hydrogen) atoms. The van der Waals surface area contributed by atoms with Gasteiger partial charge in [-0.05, 0) is 30.7 Å². The number of carbonyl (C=O) groups is 1. The van der Waals surface area contributed by atoms with Crippen molar-refractivity contribution in [1.82, 2.24) is 19.7 Å². The van der Waals surface area contributed by atoms with Crippen molar-refractivity contribution in [2.24, 2.45) is 0 Å². The second kappa shape index (κ2) is 7.69. The van der Waals surface area contributed by atoms with Crippen LogP contribution in [0.4, 0.5) is 5.69 Å². The van der Waals surface area contributed by atoms with Crippen LogP contribution in [0.15, 0.2) is 70.3 Å². The third kappa shape index (κ3) is 3.39. The molecule has 0 aliphatic heterocycles. The molecule has 0 aliphatic carbocycles. The molecule has 3 heterocycles. The van der Waals surface area contributed by atoms with Crippen LogP contribution in [0.25, 0.3) is 33.3 Å². The highest BCUT2D eigenvalue weighted by atomic mass is 16.4. The van der Waals surface area contributed by atoms with Crippen molar-refractivity contribution in [2.45, 2.75) is 19.5 Å². The molecule has 0 spiro atoms. The fourth-order valence-corrected chi connectivity index (χ4v) is 3.81. The number of aromatic nitrogens is 4. The third-order valence-electron chi connectivity index (χ3n) is 5.37. The minimum absolute atomic E-state index is 0.211. The summed E-state index contributed by atoms with van der Waals surface area (Å²) in [6.45, 7) is 1.41. The van der Waals surface area contributed by atoms with E-state index < -0.39 is 18.1 Å². The van der Waals surface area contributed by atoms with Gasteiger partial charge in [0.15, 0.2) is 0 Å². The van der Waals surface area contributed by atoms with Gasteiger partial charge in [-0.15, -0.1) is 0 Å². The van der Waals surface area contributed by atoms with Gasteiger partial charge in [-0.25, -0.2) is 4.98 Å². The number of hydrogen-bond acceptors (Lipinski definition) is 6. The topological polar surface area (TPSA) is 126 Å². The molecule has 2 aromatic carbocycles. The van der Waals surface area contributed by atoms with Crippen LogP contribution in [-0.2, 0) is 11.3 Å². The van der Waals surface area contributed by atoms with Crippen molar-refractivity contribution in [2.75, 3.05) is 5.32 Å². The molecule has 3 N–H and O–H groups in total. The summed E-state index contributed by atoms with van der Waals surface area (Å²) >= 11 is 0. The highest BCUT2D eigenvalue weighted by Crippen LogP contribution is 2.31. The molecule has 0 fully saturated rings. The number of carboxylic acid groups (broad SMARTS) is 1. The van der Waals surface area contributed by atoms with Crippen LogP contribution >= 0.6 is 0 Å². The first-order valence-electron chi connectivity index (χ1n) is 10.00. The normalized spacial score (nSPS) is 12.3. The van der Waals surface area contributed by atoms with Crippen LogP contribution in [0.1, 0.15) is 18.5 Å². The predicted octanol–water partition coefficient (Wildman–Crippen LogP) is 3.79. The van der Waals surface area contributed by atoms with E-state index in [1.54, 1.807) is 6.20 Å². The molecule has 5 rings (SSSR count). The fourth-order valence-electron chi connectivity index (χ4n) is 3.81. The quantitative estimate of drug-likeness (QED) is 0.375. The molecule has 5 aromatic rings. The Morgan fingerprint density at radius 3 is 2.78 bits per heavy atom. The summed E-state index contributed by atoms with van der Waals surface area (Å²) in [5, 5.41) is 21.0. The average molecular weight is 429 g/mol. The van der Waals surface area contributed by atoms with Crippen molar-refractivity contribution in [1.29, 1.82) is 0 Å². The Balaban J connectivity index is 1.51. The maximum Gasteiger partial charge on any atom is 0.323 e. The minimum atomic E-state index is -1.14. The Labute approximate surface area is 181 Å². The van der Waals surface area contributed by atoms with E-state index in [-0.39, 0.29) is 17.6 Å². The second-order valence-electron chi connectivity index (χ2n) is 7.49. The Hall–Kier alpha value is -4.40. The fraction of sp³-hybridized carbons (Fsp3) is 0.130. The molecule has 160 valence electrons. The molecular formula is C23H19N5O4. The number of H-pyrrole nitrogens is 1. The lowest BCUT2D eigenvalue weighted by atomic mass is 10.0. The Morgan fingerprint density at radius 1 is 1.19 bits per heavy atom. The average Bonchev–Trinajstić information content (AvgIpc) is 3.44. The molecule has 0 bridgehead atoms. The Morgan fingerprint density at radius 2 is 2.00 bits per heavy atom. The molecule has 3 aromatic heterocycles.